The highest BCUT2D eigenvalue weighted by Gasteiger charge is 2.40. The average Bonchev–Trinajstić information content (AvgIpc) is 2.91. The van der Waals surface area contributed by atoms with E-state index in [4.69, 9.17) is 0 Å². The van der Waals surface area contributed by atoms with Gasteiger partial charge in [0.15, 0.2) is 0 Å². The Morgan fingerprint density at radius 1 is 0.878 bits per heavy atom. The first-order valence-corrected chi connectivity index (χ1v) is 12.8. The molecule has 2 aliphatic heterocycles. The molecule has 14 heteroatoms. The van der Waals surface area contributed by atoms with E-state index >= 15 is 0 Å². The molecule has 2 atom stereocenters. The van der Waals surface area contributed by atoms with Crippen LogP contribution in [0.25, 0.3) is 0 Å². The fraction of sp³-hybridized carbons (Fsp3) is 0.519. The number of piperidine rings is 2. The van der Waals surface area contributed by atoms with Gasteiger partial charge in [-0.05, 0) is 68.2 Å². The lowest BCUT2D eigenvalue weighted by Gasteiger charge is -2.46. The van der Waals surface area contributed by atoms with Gasteiger partial charge in [-0.1, -0.05) is 12.1 Å². The number of hydrogen-bond acceptors (Lipinski definition) is 3. The Labute approximate surface area is 246 Å². The number of nitrogens with one attached hydrogen (secondary N) is 1. The van der Waals surface area contributed by atoms with Crippen LogP contribution in [-0.2, 0) is 12.4 Å². The smallest absolute Gasteiger partial charge is 0.324 e. The van der Waals surface area contributed by atoms with Gasteiger partial charge in [0.05, 0.1) is 11.1 Å². The molecule has 2 aromatic carbocycles. The summed E-state index contributed by atoms with van der Waals surface area (Å²) in [6.45, 7) is 3.05. The Balaban J connectivity index is 0.00000294. The summed E-state index contributed by atoms with van der Waals surface area (Å²) in [6, 6.07) is 6.31. The summed E-state index contributed by atoms with van der Waals surface area (Å²) in [4.78, 5) is 18.0. The van der Waals surface area contributed by atoms with Crippen molar-refractivity contribution in [3.8, 4) is 0 Å². The second kappa shape index (κ2) is 13.8. The molecule has 0 spiro atoms. The molecule has 0 bridgehead atoms. The number of carbonyl (C=O) groups is 1. The molecule has 2 aromatic rings. The Bertz CT molecular complexity index is 1130. The minimum Gasteiger partial charge on any atom is -0.324 e. The first-order chi connectivity index (χ1) is 18.3. The minimum absolute atomic E-state index is 0. The highest BCUT2D eigenvalue weighted by atomic mass is 35.5. The number of hydrogen-bond donors (Lipinski definition) is 1. The van der Waals surface area contributed by atoms with Crippen molar-refractivity contribution >= 4 is 36.5 Å². The first kappa shape index (κ1) is 34.9. The molecule has 2 amide bonds. The van der Waals surface area contributed by atoms with Crippen LogP contribution in [0.15, 0.2) is 42.5 Å². The zero-order chi connectivity index (χ0) is 28.5. The van der Waals surface area contributed by atoms with Gasteiger partial charge in [0.25, 0.3) is 0 Å². The lowest BCUT2D eigenvalue weighted by atomic mass is 9.84. The molecule has 2 fully saturated rings. The van der Waals surface area contributed by atoms with Gasteiger partial charge in [0.2, 0.25) is 0 Å². The van der Waals surface area contributed by atoms with Crippen molar-refractivity contribution in [2.75, 3.05) is 45.2 Å². The number of amides is 2. The lowest BCUT2D eigenvalue weighted by Crippen LogP contribution is -2.56. The fourth-order valence-corrected chi connectivity index (χ4v) is 5.59. The predicted octanol–water partition coefficient (Wildman–Crippen LogP) is 6.81. The molecule has 0 radical (unpaired) electrons. The lowest BCUT2D eigenvalue weighted by molar-refractivity contribution is -0.143. The van der Waals surface area contributed by atoms with Gasteiger partial charge in [-0.2, -0.15) is 26.3 Å². The van der Waals surface area contributed by atoms with E-state index < -0.39 is 47.1 Å². The molecule has 0 aromatic heterocycles. The largest absolute Gasteiger partial charge is 0.416 e. The van der Waals surface area contributed by atoms with Gasteiger partial charge >= 0.3 is 18.4 Å². The number of rotatable bonds is 4. The Morgan fingerprint density at radius 3 is 1.93 bits per heavy atom. The number of likely N-dealkylation sites (tertiary alicyclic amines) is 1. The SMILES string of the molecule is CN(C(=O)N(C)[C@@H]1CCN(C2CCNCC2)C[C@H]1c1ccc(F)cc1)c1cc(C(F)(F)F)cc(C(F)(F)F)c1.Cl.Cl. The zero-order valence-electron chi connectivity index (χ0n) is 22.4. The third-order valence-electron chi connectivity index (χ3n) is 7.78. The normalized spacial score (nSPS) is 20.5. The summed E-state index contributed by atoms with van der Waals surface area (Å²) >= 11 is 0. The summed E-state index contributed by atoms with van der Waals surface area (Å²) in [5, 5.41) is 3.33. The molecule has 0 aliphatic carbocycles. The van der Waals surface area contributed by atoms with Crippen molar-refractivity contribution in [3.63, 3.8) is 0 Å². The van der Waals surface area contributed by atoms with E-state index in [2.05, 4.69) is 10.2 Å². The van der Waals surface area contributed by atoms with Crippen LogP contribution in [0.4, 0.5) is 41.2 Å². The maximum Gasteiger partial charge on any atom is 0.416 e. The third kappa shape index (κ3) is 8.18. The van der Waals surface area contributed by atoms with Crippen LogP contribution < -0.4 is 10.2 Å². The van der Waals surface area contributed by atoms with Crippen molar-refractivity contribution in [3.05, 3.63) is 65.0 Å². The molecule has 2 saturated heterocycles. The monoisotopic (exact) mass is 632 g/mol. The number of nitrogens with zero attached hydrogens (tertiary/aromatic N) is 3. The summed E-state index contributed by atoms with van der Waals surface area (Å²) in [7, 11) is 2.66. The molecule has 0 saturated carbocycles. The van der Waals surface area contributed by atoms with Crippen LogP contribution in [0.3, 0.4) is 0 Å². The van der Waals surface area contributed by atoms with Crippen molar-refractivity contribution in [2.45, 2.75) is 49.6 Å². The average molecular weight is 633 g/mol. The third-order valence-corrected chi connectivity index (χ3v) is 7.78. The molecule has 41 heavy (non-hydrogen) atoms. The van der Waals surface area contributed by atoms with Gasteiger partial charge in [0.1, 0.15) is 5.82 Å². The van der Waals surface area contributed by atoms with Gasteiger partial charge in [0, 0.05) is 50.9 Å². The summed E-state index contributed by atoms with van der Waals surface area (Å²) in [5.74, 6) is -0.640. The maximum atomic E-state index is 13.7. The van der Waals surface area contributed by atoms with Crippen LogP contribution in [0.1, 0.15) is 41.9 Å². The number of likely N-dealkylation sites (N-methyl/N-ethyl adjacent to an activating group) is 1. The van der Waals surface area contributed by atoms with Gasteiger partial charge in [-0.25, -0.2) is 9.18 Å². The van der Waals surface area contributed by atoms with Crippen LogP contribution in [-0.4, -0.2) is 68.2 Å². The molecule has 4 rings (SSSR count). The number of carbonyl (C=O) groups excluding carboxylic acids is 1. The van der Waals surface area contributed by atoms with E-state index in [0.717, 1.165) is 43.4 Å². The topological polar surface area (TPSA) is 38.8 Å². The van der Waals surface area contributed by atoms with Crippen molar-refractivity contribution < 1.29 is 35.5 Å². The second-order valence-corrected chi connectivity index (χ2v) is 10.2. The van der Waals surface area contributed by atoms with Crippen LogP contribution >= 0.6 is 24.8 Å². The quantitative estimate of drug-likeness (QED) is 0.377. The molecular formula is C27H33Cl2F7N4O. The van der Waals surface area contributed by atoms with Crippen molar-refractivity contribution in [1.82, 2.24) is 15.1 Å². The van der Waals surface area contributed by atoms with Gasteiger partial charge in [-0.3, -0.25) is 9.80 Å². The fourth-order valence-electron chi connectivity index (χ4n) is 5.59. The van der Waals surface area contributed by atoms with Crippen LogP contribution in [0.5, 0.6) is 0 Å². The molecule has 2 heterocycles. The second-order valence-electron chi connectivity index (χ2n) is 10.2. The Kier molecular flexibility index (Phi) is 11.7. The minimum atomic E-state index is -5.03. The summed E-state index contributed by atoms with van der Waals surface area (Å²) < 4.78 is 94.0. The van der Waals surface area contributed by atoms with E-state index in [1.807, 2.05) is 0 Å². The van der Waals surface area contributed by atoms with E-state index in [1.165, 1.54) is 24.1 Å². The Hall–Kier alpha value is -2.28. The highest BCUT2D eigenvalue weighted by Crippen LogP contribution is 2.39. The zero-order valence-corrected chi connectivity index (χ0v) is 24.1. The van der Waals surface area contributed by atoms with Crippen molar-refractivity contribution in [2.24, 2.45) is 0 Å². The molecular weight excluding hydrogens is 600 g/mol. The molecule has 2 aliphatic rings. The van der Waals surface area contributed by atoms with E-state index in [9.17, 15) is 35.5 Å². The predicted molar refractivity (Wildman–Crippen MR) is 148 cm³/mol. The summed E-state index contributed by atoms with van der Waals surface area (Å²) in [6.07, 6.45) is -7.58. The molecule has 1 N–H and O–H groups in total. The van der Waals surface area contributed by atoms with Gasteiger partial charge in [-0.15, -0.1) is 24.8 Å². The number of alkyl halides is 6. The Morgan fingerprint density at radius 2 is 1.41 bits per heavy atom. The van der Waals surface area contributed by atoms with Crippen LogP contribution in [0.2, 0.25) is 0 Å². The molecule has 5 nitrogen and oxygen atoms in total. The van der Waals surface area contributed by atoms with Gasteiger partial charge < -0.3 is 10.2 Å². The van der Waals surface area contributed by atoms with Crippen molar-refractivity contribution in [1.29, 1.82) is 0 Å². The van der Waals surface area contributed by atoms with E-state index in [1.54, 1.807) is 12.1 Å². The van der Waals surface area contributed by atoms with E-state index in [0.29, 0.717) is 37.7 Å². The molecule has 230 valence electrons. The number of halogens is 9. The number of benzene rings is 2. The maximum absolute atomic E-state index is 13.7. The first-order valence-electron chi connectivity index (χ1n) is 12.8. The molecule has 0 unspecified atom stereocenters. The van der Waals surface area contributed by atoms with Crippen LogP contribution in [0, 0.1) is 5.82 Å². The number of anilines is 1. The summed E-state index contributed by atoms with van der Waals surface area (Å²) in [5.41, 5.74) is -2.69. The standard InChI is InChI=1S/C27H31F7N4O.2ClH/c1-36(22-14-18(26(29,30)31)13-19(15-22)27(32,33)34)25(39)37(2)24-9-12-38(21-7-10-35-11-8-21)16-23(24)17-3-5-20(28)6-4-17;;/h3-6,13-15,21,23-24,35H,7-12,16H2,1-2H3;2*1H/t23-,24+;;/m0../s1. The van der Waals surface area contributed by atoms with E-state index in [-0.39, 0.29) is 36.8 Å². The highest BCUT2D eigenvalue weighted by molar-refractivity contribution is 5.92. The number of urea groups is 1.